The molecule has 0 bridgehead atoms. The quantitative estimate of drug-likeness (QED) is 0.921. The van der Waals surface area contributed by atoms with Crippen LogP contribution in [0.25, 0.3) is 0 Å². The van der Waals surface area contributed by atoms with Crippen LogP contribution in [0.5, 0.6) is 0 Å². The third-order valence-electron chi connectivity index (χ3n) is 4.13. The molecule has 1 aromatic heterocycles. The van der Waals surface area contributed by atoms with Gasteiger partial charge in [-0.15, -0.1) is 0 Å². The van der Waals surface area contributed by atoms with Gasteiger partial charge in [0.1, 0.15) is 0 Å². The van der Waals surface area contributed by atoms with Crippen LogP contribution in [-0.2, 0) is 17.8 Å². The summed E-state index contributed by atoms with van der Waals surface area (Å²) in [5.41, 5.74) is 2.14. The molecule has 106 valence electrons. The minimum Gasteiger partial charge on any atom is -0.481 e. The molecule has 1 aromatic rings. The largest absolute Gasteiger partial charge is 0.481 e. The van der Waals surface area contributed by atoms with Crippen molar-refractivity contribution in [2.24, 2.45) is 11.8 Å². The van der Waals surface area contributed by atoms with Gasteiger partial charge in [0.25, 0.3) is 0 Å². The predicted molar refractivity (Wildman–Crippen MR) is 77.1 cm³/mol. The molecule has 2 unspecified atom stereocenters. The maximum Gasteiger partial charge on any atom is 0.306 e. The summed E-state index contributed by atoms with van der Waals surface area (Å²) in [4.78, 5) is 11.4. The monoisotopic (exact) mass is 328 g/mol. The highest BCUT2D eigenvalue weighted by Gasteiger charge is 2.32. The van der Waals surface area contributed by atoms with Gasteiger partial charge < -0.3 is 5.11 Å². The van der Waals surface area contributed by atoms with Crippen LogP contribution in [0.2, 0.25) is 0 Å². The molecule has 1 N–H and O–H groups in total. The lowest BCUT2D eigenvalue weighted by Gasteiger charge is -2.28. The molecule has 1 heterocycles. The van der Waals surface area contributed by atoms with Crippen molar-refractivity contribution in [1.29, 1.82) is 0 Å². The number of aryl methyl sites for hydroxylation is 2. The lowest BCUT2D eigenvalue weighted by Crippen LogP contribution is -2.29. The number of rotatable bonds is 4. The first kappa shape index (κ1) is 14.6. The van der Waals surface area contributed by atoms with Crippen LogP contribution in [0, 0.1) is 18.8 Å². The van der Waals surface area contributed by atoms with Gasteiger partial charge in [-0.25, -0.2) is 0 Å². The fourth-order valence-electron chi connectivity index (χ4n) is 3.09. The second-order valence-corrected chi connectivity index (χ2v) is 6.15. The molecule has 0 aliphatic heterocycles. The Kier molecular flexibility index (Phi) is 4.66. The number of hydrogen-bond acceptors (Lipinski definition) is 2. The minimum absolute atomic E-state index is 0.193. The molecule has 19 heavy (non-hydrogen) atoms. The van der Waals surface area contributed by atoms with Crippen LogP contribution in [0.4, 0.5) is 0 Å². The summed E-state index contributed by atoms with van der Waals surface area (Å²) < 4.78 is 3.04. The summed E-state index contributed by atoms with van der Waals surface area (Å²) in [6, 6.07) is 0. The van der Waals surface area contributed by atoms with Crippen molar-refractivity contribution < 1.29 is 9.90 Å². The first-order chi connectivity index (χ1) is 9.04. The Morgan fingerprint density at radius 1 is 1.47 bits per heavy atom. The summed E-state index contributed by atoms with van der Waals surface area (Å²) in [6.07, 6.45) is 4.83. The van der Waals surface area contributed by atoms with Crippen LogP contribution in [0.15, 0.2) is 4.47 Å². The molecule has 2 rings (SSSR count). The molecule has 1 aliphatic rings. The average Bonchev–Trinajstić information content (AvgIpc) is 2.67. The topological polar surface area (TPSA) is 55.1 Å². The predicted octanol–water partition coefficient (Wildman–Crippen LogP) is 3.41. The zero-order valence-corrected chi connectivity index (χ0v) is 13.1. The van der Waals surface area contributed by atoms with E-state index in [0.717, 1.165) is 54.5 Å². The number of nitrogens with zero attached hydrogens (tertiary/aromatic N) is 2. The Bertz CT molecular complexity index is 470. The number of carbonyl (C=O) groups is 1. The molecule has 4 nitrogen and oxygen atoms in total. The molecule has 1 fully saturated rings. The number of carboxylic acid groups (broad SMARTS) is 1. The van der Waals surface area contributed by atoms with E-state index < -0.39 is 5.97 Å². The first-order valence-corrected chi connectivity index (χ1v) is 7.78. The van der Waals surface area contributed by atoms with Crippen molar-refractivity contribution in [3.05, 3.63) is 15.9 Å². The first-order valence-electron chi connectivity index (χ1n) is 6.99. The van der Waals surface area contributed by atoms with E-state index in [1.165, 1.54) is 0 Å². The molecule has 0 amide bonds. The highest BCUT2D eigenvalue weighted by atomic mass is 79.9. The molecule has 0 spiro atoms. The highest BCUT2D eigenvalue weighted by molar-refractivity contribution is 9.10. The second kappa shape index (κ2) is 6.07. The Morgan fingerprint density at radius 3 is 2.79 bits per heavy atom. The molecule has 5 heteroatoms. The molecule has 2 atom stereocenters. The average molecular weight is 329 g/mol. The second-order valence-electron chi connectivity index (χ2n) is 5.36. The highest BCUT2D eigenvalue weighted by Crippen LogP contribution is 2.35. The van der Waals surface area contributed by atoms with E-state index in [1.54, 1.807) is 0 Å². The van der Waals surface area contributed by atoms with E-state index in [2.05, 4.69) is 28.0 Å². The third kappa shape index (κ3) is 3.02. The van der Waals surface area contributed by atoms with Gasteiger partial charge in [-0.05, 0) is 55.0 Å². The summed E-state index contributed by atoms with van der Waals surface area (Å²) in [5, 5.41) is 13.8. The molecule has 1 aliphatic carbocycles. The van der Waals surface area contributed by atoms with Gasteiger partial charge in [-0.2, -0.15) is 5.10 Å². The maximum atomic E-state index is 11.4. The number of hydrogen-bond donors (Lipinski definition) is 1. The molecular formula is C14H21BrN2O2. The standard InChI is InChI=1S/C14H21BrN2O2/c1-3-17-12(13(15)9(2)16-17)8-10-6-4-5-7-11(10)14(18)19/h10-11H,3-8H2,1-2H3,(H,18,19). The van der Waals surface area contributed by atoms with Crippen molar-refractivity contribution in [2.45, 2.75) is 52.5 Å². The summed E-state index contributed by atoms with van der Waals surface area (Å²) in [6.45, 7) is 4.87. The van der Waals surface area contributed by atoms with Gasteiger partial charge in [0.15, 0.2) is 0 Å². The van der Waals surface area contributed by atoms with Gasteiger partial charge in [0, 0.05) is 6.54 Å². The lowest BCUT2D eigenvalue weighted by atomic mass is 9.77. The van der Waals surface area contributed by atoms with Gasteiger partial charge in [0.05, 0.1) is 21.8 Å². The Morgan fingerprint density at radius 2 is 2.16 bits per heavy atom. The van der Waals surface area contributed by atoms with Crippen molar-refractivity contribution in [3.63, 3.8) is 0 Å². The third-order valence-corrected chi connectivity index (χ3v) is 5.17. The van der Waals surface area contributed by atoms with E-state index in [1.807, 2.05) is 11.6 Å². The van der Waals surface area contributed by atoms with Gasteiger partial charge in [0.2, 0.25) is 0 Å². The number of aliphatic carboxylic acids is 1. The van der Waals surface area contributed by atoms with Gasteiger partial charge in [-0.3, -0.25) is 9.48 Å². The van der Waals surface area contributed by atoms with Crippen molar-refractivity contribution in [1.82, 2.24) is 9.78 Å². The molecule has 0 radical (unpaired) electrons. The molecular weight excluding hydrogens is 308 g/mol. The van der Waals surface area contributed by atoms with Crippen LogP contribution in [0.3, 0.4) is 0 Å². The van der Waals surface area contributed by atoms with E-state index in [0.29, 0.717) is 0 Å². The van der Waals surface area contributed by atoms with E-state index in [-0.39, 0.29) is 11.8 Å². The van der Waals surface area contributed by atoms with E-state index in [4.69, 9.17) is 0 Å². The zero-order chi connectivity index (χ0) is 14.0. The maximum absolute atomic E-state index is 11.4. The fourth-order valence-corrected chi connectivity index (χ4v) is 3.54. The number of halogens is 1. The summed E-state index contributed by atoms with van der Waals surface area (Å²) >= 11 is 3.59. The Hall–Kier alpha value is -0.840. The van der Waals surface area contributed by atoms with Crippen LogP contribution >= 0.6 is 15.9 Å². The fraction of sp³-hybridized carbons (Fsp3) is 0.714. The summed E-state index contributed by atoms with van der Waals surface area (Å²) in [7, 11) is 0. The SMILES string of the molecule is CCn1nc(C)c(Br)c1CC1CCCCC1C(=O)O. The van der Waals surface area contributed by atoms with Crippen molar-refractivity contribution in [2.75, 3.05) is 0 Å². The Balaban J connectivity index is 2.21. The normalized spacial score (nSPS) is 23.5. The minimum atomic E-state index is -0.639. The van der Waals surface area contributed by atoms with E-state index in [9.17, 15) is 9.90 Å². The van der Waals surface area contributed by atoms with Crippen molar-refractivity contribution >= 4 is 21.9 Å². The van der Waals surface area contributed by atoms with Gasteiger partial charge >= 0.3 is 5.97 Å². The van der Waals surface area contributed by atoms with Crippen LogP contribution in [0.1, 0.15) is 44.0 Å². The number of carboxylic acids is 1. The molecule has 0 aromatic carbocycles. The molecule has 1 saturated carbocycles. The van der Waals surface area contributed by atoms with Crippen LogP contribution < -0.4 is 0 Å². The van der Waals surface area contributed by atoms with Crippen molar-refractivity contribution in [3.8, 4) is 0 Å². The van der Waals surface area contributed by atoms with Crippen LogP contribution in [-0.4, -0.2) is 20.9 Å². The smallest absolute Gasteiger partial charge is 0.306 e. The lowest BCUT2D eigenvalue weighted by molar-refractivity contribution is -0.144. The summed E-state index contributed by atoms with van der Waals surface area (Å²) in [5.74, 6) is -0.592. The number of aromatic nitrogens is 2. The van der Waals surface area contributed by atoms with E-state index >= 15 is 0 Å². The zero-order valence-electron chi connectivity index (χ0n) is 11.5. The Labute approximate surface area is 122 Å². The van der Waals surface area contributed by atoms with Gasteiger partial charge in [-0.1, -0.05) is 12.8 Å². The molecule has 0 saturated heterocycles.